The number of ether oxygens (including phenoxy) is 2. The molecule has 3 aromatic carbocycles. The van der Waals surface area contributed by atoms with Crippen LogP contribution in [0.1, 0.15) is 27.9 Å². The molecule has 0 unspecified atom stereocenters. The van der Waals surface area contributed by atoms with Gasteiger partial charge in [-0.15, -0.1) is 0 Å². The summed E-state index contributed by atoms with van der Waals surface area (Å²) in [5.74, 6) is 1.29. The van der Waals surface area contributed by atoms with Crippen LogP contribution in [0.4, 0.5) is 10.5 Å². The van der Waals surface area contributed by atoms with Crippen LogP contribution in [0.2, 0.25) is 0 Å². The second-order valence-corrected chi connectivity index (χ2v) is 8.95. The third-order valence-corrected chi connectivity index (χ3v) is 6.20. The van der Waals surface area contributed by atoms with Crippen LogP contribution in [-0.4, -0.2) is 29.6 Å². The Hall–Kier alpha value is -4.32. The van der Waals surface area contributed by atoms with Gasteiger partial charge in [-0.3, -0.25) is 4.98 Å². The third kappa shape index (κ3) is 7.10. The zero-order chi connectivity index (χ0) is 26.0. The van der Waals surface area contributed by atoms with Crippen molar-refractivity contribution in [2.24, 2.45) is 0 Å². The van der Waals surface area contributed by atoms with Gasteiger partial charge in [0.2, 0.25) is 0 Å². The Morgan fingerprint density at radius 1 is 0.865 bits per heavy atom. The Morgan fingerprint density at radius 3 is 2.32 bits per heavy atom. The molecule has 0 fully saturated rings. The van der Waals surface area contributed by atoms with E-state index in [0.29, 0.717) is 37.6 Å². The highest BCUT2D eigenvalue weighted by Crippen LogP contribution is 2.30. The van der Waals surface area contributed by atoms with Crippen LogP contribution in [0.5, 0.6) is 11.5 Å². The number of aromatic nitrogens is 1. The second kappa shape index (κ2) is 12.6. The van der Waals surface area contributed by atoms with Gasteiger partial charge in [0.05, 0.1) is 7.11 Å². The topological polar surface area (TPSA) is 63.7 Å². The Balaban J connectivity index is 1.51. The number of benzene rings is 3. The standard InChI is InChI=1S/C31H33N3O3/c1-23-10-9-11-24(2)30(23)33-31(35)34(19-17-27-14-7-8-18-32-27)21-26-15-16-28(29(20-26)36-3)37-22-25-12-5-4-6-13-25/h4-16,18,20H,17,19,21-22H2,1-3H3,(H,33,35). The van der Waals surface area contributed by atoms with Crippen molar-refractivity contribution in [1.29, 1.82) is 0 Å². The number of rotatable bonds is 10. The SMILES string of the molecule is COc1cc(CN(CCc2ccccn2)C(=O)Nc2c(C)cccc2C)ccc1OCc1ccccc1. The Bertz CT molecular complexity index is 1290. The summed E-state index contributed by atoms with van der Waals surface area (Å²) in [5.41, 5.74) is 5.87. The van der Waals surface area contributed by atoms with Gasteiger partial charge in [-0.2, -0.15) is 0 Å². The molecule has 2 amide bonds. The first-order valence-corrected chi connectivity index (χ1v) is 12.4. The fraction of sp³-hybridized carbons (Fsp3) is 0.226. The largest absolute Gasteiger partial charge is 0.493 e. The molecule has 4 rings (SSSR count). The molecule has 6 nitrogen and oxygen atoms in total. The van der Waals surface area contributed by atoms with Crippen LogP contribution in [0.25, 0.3) is 0 Å². The lowest BCUT2D eigenvalue weighted by atomic mass is 10.1. The molecule has 190 valence electrons. The van der Waals surface area contributed by atoms with Gasteiger partial charge in [0.1, 0.15) is 6.61 Å². The summed E-state index contributed by atoms with van der Waals surface area (Å²) >= 11 is 0. The van der Waals surface area contributed by atoms with Crippen molar-refractivity contribution in [3.8, 4) is 11.5 Å². The van der Waals surface area contributed by atoms with Crippen molar-refractivity contribution in [1.82, 2.24) is 9.88 Å². The lowest BCUT2D eigenvalue weighted by Crippen LogP contribution is -2.36. The van der Waals surface area contributed by atoms with Gasteiger partial charge in [0.15, 0.2) is 11.5 Å². The zero-order valence-electron chi connectivity index (χ0n) is 21.6. The molecule has 0 radical (unpaired) electrons. The van der Waals surface area contributed by atoms with Gasteiger partial charge in [-0.1, -0.05) is 60.7 Å². The molecule has 1 heterocycles. The van der Waals surface area contributed by atoms with Gasteiger partial charge >= 0.3 is 6.03 Å². The number of nitrogens with zero attached hydrogens (tertiary/aromatic N) is 2. The highest BCUT2D eigenvalue weighted by molar-refractivity contribution is 5.91. The summed E-state index contributed by atoms with van der Waals surface area (Å²) in [6.45, 7) is 5.38. The van der Waals surface area contributed by atoms with E-state index in [1.807, 2.05) is 98.8 Å². The van der Waals surface area contributed by atoms with E-state index in [1.54, 1.807) is 18.2 Å². The number of carbonyl (C=O) groups is 1. The van der Waals surface area contributed by atoms with E-state index in [1.165, 1.54) is 0 Å². The highest BCUT2D eigenvalue weighted by atomic mass is 16.5. The summed E-state index contributed by atoms with van der Waals surface area (Å²) in [4.78, 5) is 19.7. The van der Waals surface area contributed by atoms with Crippen LogP contribution in [0.3, 0.4) is 0 Å². The van der Waals surface area contributed by atoms with Gasteiger partial charge < -0.3 is 19.7 Å². The number of amides is 2. The third-order valence-electron chi connectivity index (χ3n) is 6.20. The minimum Gasteiger partial charge on any atom is -0.493 e. The number of hydrogen-bond donors (Lipinski definition) is 1. The maximum absolute atomic E-state index is 13.5. The molecule has 0 aliphatic carbocycles. The average Bonchev–Trinajstić information content (AvgIpc) is 2.93. The van der Waals surface area contributed by atoms with Crippen LogP contribution in [-0.2, 0) is 19.6 Å². The molecule has 1 N–H and O–H groups in total. The minimum absolute atomic E-state index is 0.156. The first-order chi connectivity index (χ1) is 18.0. The normalized spacial score (nSPS) is 10.6. The number of carbonyl (C=O) groups excluding carboxylic acids is 1. The average molecular weight is 496 g/mol. The summed E-state index contributed by atoms with van der Waals surface area (Å²) < 4.78 is 11.6. The molecule has 0 atom stereocenters. The summed E-state index contributed by atoms with van der Waals surface area (Å²) in [7, 11) is 1.63. The molecular formula is C31H33N3O3. The van der Waals surface area contributed by atoms with E-state index in [0.717, 1.165) is 33.6 Å². The van der Waals surface area contributed by atoms with Gasteiger partial charge in [-0.05, 0) is 60.4 Å². The van der Waals surface area contributed by atoms with Gasteiger partial charge in [0, 0.05) is 37.1 Å². The zero-order valence-corrected chi connectivity index (χ0v) is 21.6. The molecule has 6 heteroatoms. The van der Waals surface area contributed by atoms with E-state index in [4.69, 9.17) is 9.47 Å². The number of urea groups is 1. The molecule has 0 saturated carbocycles. The Kier molecular flexibility index (Phi) is 8.76. The number of anilines is 1. The van der Waals surface area contributed by atoms with E-state index in [2.05, 4.69) is 10.3 Å². The van der Waals surface area contributed by atoms with Crippen LogP contribution in [0.15, 0.2) is 91.1 Å². The molecule has 0 aliphatic heterocycles. The van der Waals surface area contributed by atoms with Crippen LogP contribution >= 0.6 is 0 Å². The maximum atomic E-state index is 13.5. The van der Waals surface area contributed by atoms with Crippen LogP contribution in [0, 0.1) is 13.8 Å². The molecule has 0 aliphatic rings. The monoisotopic (exact) mass is 495 g/mol. The smallest absolute Gasteiger partial charge is 0.322 e. The van der Waals surface area contributed by atoms with E-state index >= 15 is 0 Å². The summed E-state index contributed by atoms with van der Waals surface area (Å²) in [5, 5.41) is 3.12. The van der Waals surface area contributed by atoms with Crippen molar-refractivity contribution >= 4 is 11.7 Å². The Morgan fingerprint density at radius 2 is 1.62 bits per heavy atom. The first kappa shape index (κ1) is 25.8. The lowest BCUT2D eigenvalue weighted by Gasteiger charge is -2.25. The molecule has 4 aromatic rings. The lowest BCUT2D eigenvalue weighted by molar-refractivity contribution is 0.209. The number of pyridine rings is 1. The quantitative estimate of drug-likeness (QED) is 0.271. The van der Waals surface area contributed by atoms with E-state index < -0.39 is 0 Å². The van der Waals surface area contributed by atoms with Crippen molar-refractivity contribution in [3.05, 3.63) is 119 Å². The molecule has 0 spiro atoms. The summed E-state index contributed by atoms with van der Waals surface area (Å²) in [6.07, 6.45) is 2.42. The molecule has 37 heavy (non-hydrogen) atoms. The minimum atomic E-state index is -0.156. The van der Waals surface area contributed by atoms with Gasteiger partial charge in [-0.25, -0.2) is 4.79 Å². The number of aryl methyl sites for hydroxylation is 2. The molecular weight excluding hydrogens is 462 g/mol. The maximum Gasteiger partial charge on any atom is 0.322 e. The fourth-order valence-electron chi connectivity index (χ4n) is 4.13. The number of para-hydroxylation sites is 1. The molecule has 0 saturated heterocycles. The number of hydrogen-bond acceptors (Lipinski definition) is 4. The van der Waals surface area contributed by atoms with Crippen molar-refractivity contribution < 1.29 is 14.3 Å². The van der Waals surface area contributed by atoms with Crippen molar-refractivity contribution in [2.45, 2.75) is 33.4 Å². The van der Waals surface area contributed by atoms with E-state index in [-0.39, 0.29) is 6.03 Å². The predicted octanol–water partition coefficient (Wildman–Crippen LogP) is 6.56. The fourth-order valence-corrected chi connectivity index (χ4v) is 4.13. The number of nitrogens with one attached hydrogen (secondary N) is 1. The second-order valence-electron chi connectivity index (χ2n) is 8.95. The number of methoxy groups -OCH3 is 1. The summed E-state index contributed by atoms with van der Waals surface area (Å²) in [6, 6.07) is 27.5. The first-order valence-electron chi connectivity index (χ1n) is 12.4. The van der Waals surface area contributed by atoms with E-state index in [9.17, 15) is 4.79 Å². The van der Waals surface area contributed by atoms with Crippen molar-refractivity contribution in [3.63, 3.8) is 0 Å². The Labute approximate surface area is 218 Å². The van der Waals surface area contributed by atoms with Gasteiger partial charge in [0.25, 0.3) is 0 Å². The molecule has 0 bridgehead atoms. The highest BCUT2D eigenvalue weighted by Gasteiger charge is 2.18. The van der Waals surface area contributed by atoms with Crippen LogP contribution < -0.4 is 14.8 Å². The predicted molar refractivity (Wildman–Crippen MR) is 147 cm³/mol. The van der Waals surface area contributed by atoms with Crippen molar-refractivity contribution in [2.75, 3.05) is 19.0 Å². The molecule has 1 aromatic heterocycles.